The van der Waals surface area contributed by atoms with Gasteiger partial charge in [0, 0.05) is 0 Å². The van der Waals surface area contributed by atoms with Gasteiger partial charge in [0.2, 0.25) is 0 Å². The summed E-state index contributed by atoms with van der Waals surface area (Å²) in [6.45, 7) is 2.81. The van der Waals surface area contributed by atoms with Crippen LogP contribution in [0, 0.1) is 13.8 Å². The van der Waals surface area contributed by atoms with Crippen molar-refractivity contribution in [3.8, 4) is 5.75 Å². The molecule has 1 aromatic carbocycles. The number of halogens is 3. The molecule has 112 valence electrons. The molecule has 7 heteroatoms. The van der Waals surface area contributed by atoms with Gasteiger partial charge in [0.15, 0.2) is 0 Å². The Labute approximate surface area is 115 Å². The lowest BCUT2D eigenvalue weighted by Gasteiger charge is -2.12. The van der Waals surface area contributed by atoms with Crippen molar-refractivity contribution in [2.75, 3.05) is 19.7 Å². The molecular formula is C13H17F3N2O2. The second-order valence-corrected chi connectivity index (χ2v) is 4.34. The minimum Gasteiger partial charge on any atom is -0.491 e. The Bertz CT molecular complexity index is 461. The van der Waals surface area contributed by atoms with E-state index in [1.165, 1.54) is 0 Å². The molecule has 0 fully saturated rings. The van der Waals surface area contributed by atoms with Crippen molar-refractivity contribution in [3.63, 3.8) is 0 Å². The molecule has 0 saturated heterocycles. The first-order valence-electron chi connectivity index (χ1n) is 6.06. The number of benzene rings is 1. The van der Waals surface area contributed by atoms with Gasteiger partial charge in [0.25, 0.3) is 0 Å². The number of ether oxygens (including phenoxy) is 1. The van der Waals surface area contributed by atoms with E-state index in [4.69, 9.17) is 4.74 Å². The van der Waals surface area contributed by atoms with Crippen molar-refractivity contribution in [1.82, 2.24) is 10.6 Å². The number of aryl methyl sites for hydroxylation is 2. The van der Waals surface area contributed by atoms with E-state index < -0.39 is 18.8 Å². The molecule has 0 bridgehead atoms. The maximum Gasteiger partial charge on any atom is 0.405 e. The molecular weight excluding hydrogens is 273 g/mol. The summed E-state index contributed by atoms with van der Waals surface area (Å²) in [7, 11) is 0. The Morgan fingerprint density at radius 1 is 1.25 bits per heavy atom. The highest BCUT2D eigenvalue weighted by Gasteiger charge is 2.27. The average Bonchev–Trinajstić information content (AvgIpc) is 2.33. The minimum atomic E-state index is -4.41. The Kier molecular flexibility index (Phi) is 5.66. The summed E-state index contributed by atoms with van der Waals surface area (Å²) in [5.74, 6) is 0.688. The first kappa shape index (κ1) is 16.1. The number of carbonyl (C=O) groups excluding carboxylic acids is 1. The van der Waals surface area contributed by atoms with Gasteiger partial charge in [0.1, 0.15) is 18.9 Å². The molecule has 1 rings (SSSR count). The molecule has 0 aromatic heterocycles. The maximum absolute atomic E-state index is 11.8. The van der Waals surface area contributed by atoms with Gasteiger partial charge >= 0.3 is 12.2 Å². The highest BCUT2D eigenvalue weighted by molar-refractivity contribution is 5.73. The zero-order chi connectivity index (χ0) is 15.2. The number of rotatable bonds is 5. The van der Waals surface area contributed by atoms with Crippen LogP contribution in [0.5, 0.6) is 5.75 Å². The number of urea groups is 1. The second-order valence-electron chi connectivity index (χ2n) is 4.34. The maximum atomic E-state index is 11.8. The van der Waals surface area contributed by atoms with E-state index >= 15 is 0 Å². The standard InChI is InChI=1S/C13H17F3N2O2/c1-9-3-4-11(10(2)7-9)20-6-5-17-12(19)18-8-13(14,15)16/h3-4,7H,5-6,8H2,1-2H3,(H2,17,18,19). The van der Waals surface area contributed by atoms with Crippen molar-refractivity contribution in [3.05, 3.63) is 29.3 Å². The first-order valence-corrected chi connectivity index (χ1v) is 6.06. The molecule has 0 atom stereocenters. The number of nitrogens with one attached hydrogen (secondary N) is 2. The van der Waals surface area contributed by atoms with Crippen LogP contribution in [0.25, 0.3) is 0 Å². The van der Waals surface area contributed by atoms with Gasteiger partial charge in [-0.25, -0.2) is 4.79 Å². The van der Waals surface area contributed by atoms with Crippen LogP contribution in [0.1, 0.15) is 11.1 Å². The first-order chi connectivity index (χ1) is 9.28. The summed E-state index contributed by atoms with van der Waals surface area (Å²) in [4.78, 5) is 11.0. The number of carbonyl (C=O) groups is 1. The largest absolute Gasteiger partial charge is 0.491 e. The molecule has 0 saturated carbocycles. The topological polar surface area (TPSA) is 50.4 Å². The molecule has 4 nitrogen and oxygen atoms in total. The molecule has 0 spiro atoms. The molecule has 0 aliphatic heterocycles. The number of alkyl halides is 3. The molecule has 2 amide bonds. The number of hydrogen-bond donors (Lipinski definition) is 2. The van der Waals surface area contributed by atoms with E-state index in [9.17, 15) is 18.0 Å². The van der Waals surface area contributed by atoms with Crippen molar-refractivity contribution in [2.24, 2.45) is 0 Å². The lowest BCUT2D eigenvalue weighted by atomic mass is 10.1. The van der Waals surface area contributed by atoms with Gasteiger partial charge in [-0.05, 0) is 25.5 Å². The quantitative estimate of drug-likeness (QED) is 0.819. The van der Waals surface area contributed by atoms with Crippen LogP contribution in [-0.2, 0) is 0 Å². The molecule has 2 N–H and O–H groups in total. The van der Waals surface area contributed by atoms with Gasteiger partial charge in [-0.2, -0.15) is 13.2 Å². The highest BCUT2D eigenvalue weighted by Crippen LogP contribution is 2.18. The van der Waals surface area contributed by atoms with E-state index in [2.05, 4.69) is 5.32 Å². The lowest BCUT2D eigenvalue weighted by Crippen LogP contribution is -2.42. The van der Waals surface area contributed by atoms with Gasteiger partial charge in [-0.1, -0.05) is 17.7 Å². The highest BCUT2D eigenvalue weighted by atomic mass is 19.4. The van der Waals surface area contributed by atoms with E-state index in [0.29, 0.717) is 5.75 Å². The van der Waals surface area contributed by atoms with Gasteiger partial charge in [-0.15, -0.1) is 0 Å². The average molecular weight is 290 g/mol. The molecule has 0 aliphatic rings. The summed E-state index contributed by atoms with van der Waals surface area (Å²) in [6.07, 6.45) is -4.41. The normalized spacial score (nSPS) is 11.1. The molecule has 0 unspecified atom stereocenters. The number of hydrogen-bond acceptors (Lipinski definition) is 2. The van der Waals surface area contributed by atoms with Crippen molar-refractivity contribution in [2.45, 2.75) is 20.0 Å². The molecule has 0 aliphatic carbocycles. The van der Waals surface area contributed by atoms with Crippen LogP contribution >= 0.6 is 0 Å². The predicted molar refractivity (Wildman–Crippen MR) is 68.9 cm³/mol. The summed E-state index contributed by atoms with van der Waals surface area (Å²) < 4.78 is 40.9. The minimum absolute atomic E-state index is 0.122. The molecule has 1 aromatic rings. The van der Waals surface area contributed by atoms with Crippen molar-refractivity contribution < 1.29 is 22.7 Å². The van der Waals surface area contributed by atoms with Gasteiger partial charge < -0.3 is 15.4 Å². The molecule has 20 heavy (non-hydrogen) atoms. The third-order valence-electron chi connectivity index (χ3n) is 2.43. The lowest BCUT2D eigenvalue weighted by molar-refractivity contribution is -0.122. The van der Waals surface area contributed by atoms with Crippen LogP contribution in [-0.4, -0.2) is 31.9 Å². The molecule has 0 heterocycles. The fourth-order valence-corrected chi connectivity index (χ4v) is 1.53. The predicted octanol–water partition coefficient (Wildman–Crippen LogP) is 2.54. The summed E-state index contributed by atoms with van der Waals surface area (Å²) >= 11 is 0. The summed E-state index contributed by atoms with van der Waals surface area (Å²) in [6, 6.07) is 4.80. The number of amides is 2. The zero-order valence-corrected chi connectivity index (χ0v) is 11.3. The van der Waals surface area contributed by atoms with E-state index in [0.717, 1.165) is 11.1 Å². The van der Waals surface area contributed by atoms with Crippen LogP contribution in [0.3, 0.4) is 0 Å². The Morgan fingerprint density at radius 3 is 2.55 bits per heavy atom. The third-order valence-corrected chi connectivity index (χ3v) is 2.43. The van der Waals surface area contributed by atoms with E-state index in [1.807, 2.05) is 32.0 Å². The third kappa shape index (κ3) is 6.31. The summed E-state index contributed by atoms with van der Waals surface area (Å²) in [5, 5.41) is 3.99. The van der Waals surface area contributed by atoms with Crippen LogP contribution in [0.15, 0.2) is 18.2 Å². The fraction of sp³-hybridized carbons (Fsp3) is 0.462. The van der Waals surface area contributed by atoms with Crippen LogP contribution in [0.2, 0.25) is 0 Å². The van der Waals surface area contributed by atoms with E-state index in [1.54, 1.807) is 5.32 Å². The van der Waals surface area contributed by atoms with E-state index in [-0.39, 0.29) is 13.2 Å². The second kappa shape index (κ2) is 7.02. The van der Waals surface area contributed by atoms with Crippen molar-refractivity contribution in [1.29, 1.82) is 0 Å². The fourth-order valence-electron chi connectivity index (χ4n) is 1.53. The van der Waals surface area contributed by atoms with Gasteiger partial charge in [-0.3, -0.25) is 0 Å². The smallest absolute Gasteiger partial charge is 0.405 e. The Morgan fingerprint density at radius 2 is 1.95 bits per heavy atom. The molecule has 0 radical (unpaired) electrons. The Hall–Kier alpha value is -1.92. The SMILES string of the molecule is Cc1ccc(OCCNC(=O)NCC(F)(F)F)c(C)c1. The Balaban J connectivity index is 2.23. The summed E-state index contributed by atoms with van der Waals surface area (Å²) in [5.41, 5.74) is 2.08. The van der Waals surface area contributed by atoms with Crippen LogP contribution in [0.4, 0.5) is 18.0 Å². The van der Waals surface area contributed by atoms with Crippen molar-refractivity contribution >= 4 is 6.03 Å². The zero-order valence-electron chi connectivity index (χ0n) is 11.3. The van der Waals surface area contributed by atoms with Crippen LogP contribution < -0.4 is 15.4 Å². The van der Waals surface area contributed by atoms with Gasteiger partial charge in [0.05, 0.1) is 6.54 Å². The monoisotopic (exact) mass is 290 g/mol.